The van der Waals surface area contributed by atoms with Gasteiger partial charge in [-0.05, 0) is 31.3 Å². The number of hydrogen-bond acceptors (Lipinski definition) is 3. The number of carbonyl (C=O) groups is 1. The van der Waals surface area contributed by atoms with E-state index in [1.807, 2.05) is 37.3 Å². The lowest BCUT2D eigenvalue weighted by Crippen LogP contribution is -2.19. The topological polar surface area (TPSA) is 62.7 Å². The van der Waals surface area contributed by atoms with Crippen LogP contribution in [0.25, 0.3) is 11.4 Å². The Labute approximate surface area is 149 Å². The Kier molecular flexibility index (Phi) is 4.78. The average molecular weight is 359 g/mol. The minimum Gasteiger partial charge on any atom is -0.323 e. The number of anilines is 1. The van der Waals surface area contributed by atoms with Crippen LogP contribution in [0.2, 0.25) is 5.02 Å². The van der Waals surface area contributed by atoms with Gasteiger partial charge in [0.2, 0.25) is 5.91 Å². The highest BCUT2D eigenvalue weighted by molar-refractivity contribution is 7.71. The summed E-state index contributed by atoms with van der Waals surface area (Å²) in [6.07, 6.45) is 0. The molecule has 2 aromatic carbocycles. The maximum absolute atomic E-state index is 12.3. The minimum atomic E-state index is -0.228. The van der Waals surface area contributed by atoms with E-state index < -0.39 is 0 Å². The van der Waals surface area contributed by atoms with Gasteiger partial charge in [0.1, 0.15) is 6.54 Å². The van der Waals surface area contributed by atoms with Gasteiger partial charge >= 0.3 is 0 Å². The Morgan fingerprint density at radius 3 is 2.67 bits per heavy atom. The third-order valence-electron chi connectivity index (χ3n) is 3.52. The molecule has 1 aromatic heterocycles. The largest absolute Gasteiger partial charge is 0.323 e. The SMILES string of the molecule is Cc1ccc(-c2n[nH]c(=S)n2CC(=O)Nc2ccccc2Cl)cc1. The van der Waals surface area contributed by atoms with E-state index >= 15 is 0 Å². The summed E-state index contributed by atoms with van der Waals surface area (Å²) in [4.78, 5) is 12.3. The number of aryl methyl sites for hydroxylation is 1. The van der Waals surface area contributed by atoms with Gasteiger partial charge in [-0.3, -0.25) is 14.5 Å². The van der Waals surface area contributed by atoms with Gasteiger partial charge in [-0.2, -0.15) is 5.10 Å². The van der Waals surface area contributed by atoms with Crippen molar-refractivity contribution >= 4 is 35.4 Å². The first-order chi connectivity index (χ1) is 11.5. The molecule has 3 aromatic rings. The fourth-order valence-corrected chi connectivity index (χ4v) is 2.66. The zero-order valence-electron chi connectivity index (χ0n) is 12.9. The summed E-state index contributed by atoms with van der Waals surface area (Å²) < 4.78 is 2.05. The first-order valence-corrected chi connectivity index (χ1v) is 8.10. The lowest BCUT2D eigenvalue weighted by atomic mass is 10.1. The van der Waals surface area contributed by atoms with Crippen LogP contribution in [0.4, 0.5) is 5.69 Å². The van der Waals surface area contributed by atoms with Gasteiger partial charge in [0.15, 0.2) is 10.6 Å². The molecule has 0 unspecified atom stereocenters. The van der Waals surface area contributed by atoms with Crippen molar-refractivity contribution in [2.24, 2.45) is 0 Å². The molecule has 0 aliphatic carbocycles. The standard InChI is InChI=1S/C17H15ClN4OS/c1-11-6-8-12(9-7-11)16-20-21-17(24)22(16)10-15(23)19-14-5-3-2-4-13(14)18/h2-9H,10H2,1H3,(H,19,23)(H,21,24). The summed E-state index contributed by atoms with van der Waals surface area (Å²) in [7, 11) is 0. The molecular formula is C17H15ClN4OS. The maximum Gasteiger partial charge on any atom is 0.244 e. The highest BCUT2D eigenvalue weighted by atomic mass is 35.5. The van der Waals surface area contributed by atoms with Crippen LogP contribution in [-0.2, 0) is 11.3 Å². The van der Waals surface area contributed by atoms with E-state index in [9.17, 15) is 4.79 Å². The van der Waals surface area contributed by atoms with Crippen molar-refractivity contribution in [3.05, 3.63) is 63.9 Å². The van der Waals surface area contributed by atoms with Crippen molar-refractivity contribution in [2.75, 3.05) is 5.32 Å². The van der Waals surface area contributed by atoms with Gasteiger partial charge < -0.3 is 5.32 Å². The highest BCUT2D eigenvalue weighted by Gasteiger charge is 2.13. The molecule has 122 valence electrons. The van der Waals surface area contributed by atoms with Crippen molar-refractivity contribution < 1.29 is 4.79 Å². The van der Waals surface area contributed by atoms with Gasteiger partial charge in [-0.1, -0.05) is 53.6 Å². The quantitative estimate of drug-likeness (QED) is 0.687. The summed E-state index contributed by atoms with van der Waals surface area (Å²) in [5.74, 6) is 0.392. The monoisotopic (exact) mass is 358 g/mol. The summed E-state index contributed by atoms with van der Waals surface area (Å²) in [6, 6.07) is 14.9. The fraction of sp³-hybridized carbons (Fsp3) is 0.118. The highest BCUT2D eigenvalue weighted by Crippen LogP contribution is 2.21. The number of nitrogens with zero attached hydrogens (tertiary/aromatic N) is 2. The van der Waals surface area contributed by atoms with Crippen LogP contribution in [-0.4, -0.2) is 20.7 Å². The first kappa shape index (κ1) is 16.4. The Morgan fingerprint density at radius 1 is 1.25 bits per heavy atom. The Balaban J connectivity index is 1.84. The number of aromatic amines is 1. The van der Waals surface area contributed by atoms with Crippen molar-refractivity contribution in [2.45, 2.75) is 13.5 Å². The Bertz CT molecular complexity index is 930. The smallest absolute Gasteiger partial charge is 0.244 e. The predicted octanol–water partition coefficient (Wildman–Crippen LogP) is 4.21. The van der Waals surface area contributed by atoms with Gasteiger partial charge in [-0.25, -0.2) is 0 Å². The number of para-hydroxylation sites is 1. The number of aromatic nitrogens is 3. The molecule has 1 amide bonds. The molecule has 0 bridgehead atoms. The third kappa shape index (κ3) is 3.55. The number of hydrogen-bond donors (Lipinski definition) is 2. The maximum atomic E-state index is 12.3. The molecular weight excluding hydrogens is 344 g/mol. The summed E-state index contributed by atoms with van der Waals surface area (Å²) >= 11 is 11.3. The fourth-order valence-electron chi connectivity index (χ4n) is 2.28. The molecule has 0 atom stereocenters. The second kappa shape index (κ2) is 6.98. The Hall–Kier alpha value is -2.44. The molecule has 0 aliphatic heterocycles. The van der Waals surface area contributed by atoms with Crippen LogP contribution in [0.15, 0.2) is 48.5 Å². The van der Waals surface area contributed by atoms with E-state index in [-0.39, 0.29) is 12.5 Å². The molecule has 5 nitrogen and oxygen atoms in total. The van der Waals surface area contributed by atoms with E-state index in [0.717, 1.165) is 11.1 Å². The molecule has 1 heterocycles. The van der Waals surface area contributed by atoms with E-state index in [0.29, 0.717) is 21.3 Å². The van der Waals surface area contributed by atoms with E-state index in [2.05, 4.69) is 15.5 Å². The van der Waals surface area contributed by atoms with Crippen molar-refractivity contribution in [3.8, 4) is 11.4 Å². The van der Waals surface area contributed by atoms with Crippen LogP contribution in [0.1, 0.15) is 5.56 Å². The summed E-state index contributed by atoms with van der Waals surface area (Å²) in [5, 5.41) is 10.2. The number of nitrogens with one attached hydrogen (secondary N) is 2. The molecule has 0 radical (unpaired) electrons. The van der Waals surface area contributed by atoms with Crippen LogP contribution < -0.4 is 5.32 Å². The van der Waals surface area contributed by atoms with E-state index in [4.69, 9.17) is 23.8 Å². The van der Waals surface area contributed by atoms with E-state index in [1.165, 1.54) is 0 Å². The molecule has 7 heteroatoms. The molecule has 24 heavy (non-hydrogen) atoms. The number of halogens is 1. The molecule has 0 saturated carbocycles. The number of rotatable bonds is 4. The second-order valence-corrected chi connectivity index (χ2v) is 6.13. The summed E-state index contributed by atoms with van der Waals surface area (Å²) in [5.41, 5.74) is 2.60. The van der Waals surface area contributed by atoms with Crippen LogP contribution in [0, 0.1) is 11.7 Å². The van der Waals surface area contributed by atoms with Gasteiger partial charge in [0.25, 0.3) is 0 Å². The molecule has 2 N–H and O–H groups in total. The lowest BCUT2D eigenvalue weighted by Gasteiger charge is -2.09. The number of H-pyrrole nitrogens is 1. The zero-order valence-corrected chi connectivity index (χ0v) is 14.5. The van der Waals surface area contributed by atoms with Crippen molar-refractivity contribution in [1.82, 2.24) is 14.8 Å². The third-order valence-corrected chi connectivity index (χ3v) is 4.16. The zero-order chi connectivity index (χ0) is 17.1. The van der Waals surface area contributed by atoms with Gasteiger partial charge in [0, 0.05) is 5.56 Å². The molecule has 0 fully saturated rings. The lowest BCUT2D eigenvalue weighted by molar-refractivity contribution is -0.116. The van der Waals surface area contributed by atoms with Crippen molar-refractivity contribution in [1.29, 1.82) is 0 Å². The minimum absolute atomic E-state index is 0.0454. The average Bonchev–Trinajstić information content (AvgIpc) is 2.91. The molecule has 0 spiro atoms. The number of amides is 1. The Morgan fingerprint density at radius 2 is 1.96 bits per heavy atom. The van der Waals surface area contributed by atoms with Crippen LogP contribution >= 0.6 is 23.8 Å². The van der Waals surface area contributed by atoms with Crippen molar-refractivity contribution in [3.63, 3.8) is 0 Å². The second-order valence-electron chi connectivity index (χ2n) is 5.33. The van der Waals surface area contributed by atoms with Gasteiger partial charge in [0.05, 0.1) is 10.7 Å². The number of carbonyl (C=O) groups excluding carboxylic acids is 1. The predicted molar refractivity (Wildman–Crippen MR) is 97.7 cm³/mol. The molecule has 3 rings (SSSR count). The number of benzene rings is 2. The first-order valence-electron chi connectivity index (χ1n) is 7.31. The van der Waals surface area contributed by atoms with Crippen LogP contribution in [0.3, 0.4) is 0 Å². The molecule has 0 saturated heterocycles. The summed E-state index contributed by atoms with van der Waals surface area (Å²) in [6.45, 7) is 2.06. The van der Waals surface area contributed by atoms with Gasteiger partial charge in [-0.15, -0.1) is 0 Å². The van der Waals surface area contributed by atoms with E-state index in [1.54, 1.807) is 22.8 Å². The normalized spacial score (nSPS) is 10.6. The molecule has 0 aliphatic rings. The van der Waals surface area contributed by atoms with Crippen LogP contribution in [0.5, 0.6) is 0 Å².